The van der Waals surface area contributed by atoms with E-state index in [2.05, 4.69) is 65.8 Å². The van der Waals surface area contributed by atoms with Crippen LogP contribution in [0.4, 0.5) is 0 Å². The van der Waals surface area contributed by atoms with Crippen LogP contribution in [0.25, 0.3) is 0 Å². The van der Waals surface area contributed by atoms with E-state index in [0.717, 1.165) is 50.8 Å². The third-order valence-corrected chi connectivity index (χ3v) is 5.54. The fraction of sp³-hybridized carbons (Fsp3) is 0.571. The van der Waals surface area contributed by atoms with Crippen LogP contribution >= 0.6 is 0 Å². The second kappa shape index (κ2) is 14.2. The van der Waals surface area contributed by atoms with E-state index in [4.69, 9.17) is 18.9 Å². The molecule has 0 bridgehead atoms. The van der Waals surface area contributed by atoms with Gasteiger partial charge in [0.1, 0.15) is 11.5 Å². The fourth-order valence-electron chi connectivity index (χ4n) is 3.59. The summed E-state index contributed by atoms with van der Waals surface area (Å²) in [6.45, 7) is 16.1. The molecular weight excluding hydrogens is 400 g/mol. The van der Waals surface area contributed by atoms with E-state index in [9.17, 15) is 0 Å². The van der Waals surface area contributed by atoms with Crippen LogP contribution in [0.15, 0.2) is 48.5 Å². The molecule has 2 aliphatic heterocycles. The van der Waals surface area contributed by atoms with Gasteiger partial charge >= 0.3 is 0 Å². The van der Waals surface area contributed by atoms with Gasteiger partial charge in [-0.2, -0.15) is 0 Å². The highest BCUT2D eigenvalue weighted by Gasteiger charge is 2.43. The van der Waals surface area contributed by atoms with Crippen molar-refractivity contribution >= 4 is 0 Å². The lowest BCUT2D eigenvalue weighted by atomic mass is 9.99. The summed E-state index contributed by atoms with van der Waals surface area (Å²) in [5.74, 6) is 3.04. The molecule has 2 heterocycles. The van der Waals surface area contributed by atoms with Crippen LogP contribution in [-0.4, -0.2) is 38.6 Å². The first-order valence-corrected chi connectivity index (χ1v) is 12.1. The summed E-state index contributed by atoms with van der Waals surface area (Å²) >= 11 is 0. The normalized spacial score (nSPS) is 23.3. The van der Waals surface area contributed by atoms with Crippen LogP contribution in [-0.2, 0) is 9.47 Å². The van der Waals surface area contributed by atoms with E-state index in [1.807, 2.05) is 24.3 Å². The van der Waals surface area contributed by atoms with E-state index in [1.54, 1.807) is 0 Å². The molecule has 2 fully saturated rings. The summed E-state index contributed by atoms with van der Waals surface area (Å²) in [4.78, 5) is 0. The molecule has 2 aromatic rings. The van der Waals surface area contributed by atoms with Gasteiger partial charge in [0.25, 0.3) is 0 Å². The van der Waals surface area contributed by atoms with E-state index in [-0.39, 0.29) is 0 Å². The van der Waals surface area contributed by atoms with Crippen molar-refractivity contribution in [1.82, 2.24) is 0 Å². The number of rotatable bonds is 6. The van der Waals surface area contributed by atoms with Crippen molar-refractivity contribution in [2.24, 2.45) is 11.8 Å². The van der Waals surface area contributed by atoms with E-state index >= 15 is 0 Å². The number of benzene rings is 2. The molecule has 0 aromatic heterocycles. The summed E-state index contributed by atoms with van der Waals surface area (Å²) in [5.41, 5.74) is 2.66. The Kier molecular flexibility index (Phi) is 11.6. The van der Waals surface area contributed by atoms with Crippen molar-refractivity contribution in [3.05, 3.63) is 59.7 Å². The minimum Gasteiger partial charge on any atom is -0.494 e. The van der Waals surface area contributed by atoms with Crippen LogP contribution in [0.5, 0.6) is 11.5 Å². The Morgan fingerprint density at radius 3 is 1.31 bits per heavy atom. The minimum absolute atomic E-state index is 0.398. The number of aryl methyl sites for hydroxylation is 2. The second-order valence-corrected chi connectivity index (χ2v) is 8.87. The predicted octanol–water partition coefficient (Wildman–Crippen LogP) is 6.62. The molecule has 4 nitrogen and oxygen atoms in total. The average molecular weight is 443 g/mol. The molecule has 0 aliphatic carbocycles. The maximum Gasteiger partial charge on any atom is 0.119 e. The van der Waals surface area contributed by atoms with Crippen LogP contribution in [0.3, 0.4) is 0 Å². The smallest absolute Gasteiger partial charge is 0.119 e. The first kappa shape index (κ1) is 26.2. The third kappa shape index (κ3) is 8.84. The maximum atomic E-state index is 5.58. The molecule has 0 radical (unpaired) electrons. The van der Waals surface area contributed by atoms with Crippen molar-refractivity contribution in [3.8, 4) is 11.5 Å². The molecule has 4 rings (SSSR count). The molecule has 32 heavy (non-hydrogen) atoms. The zero-order valence-electron chi connectivity index (χ0n) is 20.8. The van der Waals surface area contributed by atoms with Gasteiger partial charge in [0.15, 0.2) is 0 Å². The lowest BCUT2D eigenvalue weighted by Gasteiger charge is -2.10. The first-order valence-electron chi connectivity index (χ1n) is 12.1. The maximum absolute atomic E-state index is 5.58. The van der Waals surface area contributed by atoms with Crippen molar-refractivity contribution < 1.29 is 18.9 Å². The van der Waals surface area contributed by atoms with Gasteiger partial charge in [-0.1, -0.05) is 63.1 Å². The van der Waals surface area contributed by atoms with Gasteiger partial charge in [0.05, 0.1) is 38.6 Å². The quantitative estimate of drug-likeness (QED) is 0.503. The van der Waals surface area contributed by atoms with Gasteiger partial charge in [-0.05, 0) is 51.0 Å². The average Bonchev–Trinajstić information content (AvgIpc) is 3.37. The lowest BCUT2D eigenvalue weighted by Crippen LogP contribution is -2.23. The minimum atomic E-state index is 0.398. The van der Waals surface area contributed by atoms with Gasteiger partial charge in [-0.25, -0.2) is 0 Å². The summed E-state index contributed by atoms with van der Waals surface area (Å²) in [7, 11) is 0. The summed E-state index contributed by atoms with van der Waals surface area (Å²) < 4.78 is 22.1. The third-order valence-electron chi connectivity index (χ3n) is 5.54. The zero-order chi connectivity index (χ0) is 23.3. The van der Waals surface area contributed by atoms with Crippen molar-refractivity contribution in [2.75, 3.05) is 26.4 Å². The molecule has 0 saturated carbocycles. The van der Waals surface area contributed by atoms with E-state index < -0.39 is 0 Å². The first-order chi connectivity index (χ1) is 15.4. The van der Waals surface area contributed by atoms with Gasteiger partial charge in [0.2, 0.25) is 0 Å². The van der Waals surface area contributed by atoms with Crippen LogP contribution in [0.1, 0.15) is 51.7 Å². The van der Waals surface area contributed by atoms with Gasteiger partial charge in [-0.15, -0.1) is 0 Å². The number of hydrogen-bond acceptors (Lipinski definition) is 4. The number of hydrogen-bond donors (Lipinski definition) is 0. The van der Waals surface area contributed by atoms with Gasteiger partial charge in [0, 0.05) is 11.8 Å². The Morgan fingerprint density at radius 2 is 1.00 bits per heavy atom. The molecule has 4 atom stereocenters. The lowest BCUT2D eigenvalue weighted by molar-refractivity contribution is 0.0627. The molecule has 4 unspecified atom stereocenters. The van der Waals surface area contributed by atoms with Gasteiger partial charge < -0.3 is 18.9 Å². The summed E-state index contributed by atoms with van der Waals surface area (Å²) in [6, 6.07) is 16.3. The number of fused-ring (bicyclic) bond motifs is 1. The molecule has 2 saturated heterocycles. The molecule has 2 aromatic carbocycles. The van der Waals surface area contributed by atoms with E-state index in [0.29, 0.717) is 24.0 Å². The van der Waals surface area contributed by atoms with Crippen LogP contribution in [0, 0.1) is 25.7 Å². The topological polar surface area (TPSA) is 36.9 Å². The highest BCUT2D eigenvalue weighted by molar-refractivity contribution is 5.31. The summed E-state index contributed by atoms with van der Waals surface area (Å²) in [6.07, 6.45) is 2.87. The monoisotopic (exact) mass is 442 g/mol. The summed E-state index contributed by atoms with van der Waals surface area (Å²) in [5, 5.41) is 0. The zero-order valence-corrected chi connectivity index (χ0v) is 20.8. The molecular formula is C28H42O4. The molecule has 0 spiro atoms. The standard InChI is InChI=1S/C12H18O2.C8H14O2.C8H10/c1-3-9-13-11-5-7-12(8-6-11)14-10-4-2;1-5-3-9-8-6(2)4-10-7(5)8;1-7-3-5-8(2)6-4-7/h5-8H,3-4,9-10H2,1-2H3;5-8H,3-4H2,1-2H3;3-6H,1-2H3. The van der Waals surface area contributed by atoms with Gasteiger partial charge in [-0.3, -0.25) is 0 Å². The highest BCUT2D eigenvalue weighted by atomic mass is 16.6. The number of ether oxygens (including phenoxy) is 4. The second-order valence-electron chi connectivity index (χ2n) is 8.87. The molecule has 2 aliphatic rings. The van der Waals surface area contributed by atoms with Crippen molar-refractivity contribution in [1.29, 1.82) is 0 Å². The molecule has 4 heteroatoms. The Morgan fingerprint density at radius 1 is 0.656 bits per heavy atom. The Hall–Kier alpha value is -2.04. The SMILES string of the molecule is CC1COC2C(C)COC12.CCCOc1ccc(OCCC)cc1.Cc1ccc(C)cc1. The molecule has 0 amide bonds. The van der Waals surface area contributed by atoms with E-state index in [1.165, 1.54) is 11.1 Å². The fourth-order valence-corrected chi connectivity index (χ4v) is 3.59. The van der Waals surface area contributed by atoms with Crippen molar-refractivity contribution in [3.63, 3.8) is 0 Å². The Balaban J connectivity index is 0.000000177. The van der Waals surface area contributed by atoms with Crippen molar-refractivity contribution in [2.45, 2.75) is 66.6 Å². The van der Waals surface area contributed by atoms with Crippen LogP contribution < -0.4 is 9.47 Å². The molecule has 178 valence electrons. The Labute approximate surface area is 195 Å². The predicted molar refractivity (Wildman–Crippen MR) is 132 cm³/mol. The Bertz CT molecular complexity index is 677. The highest BCUT2D eigenvalue weighted by Crippen LogP contribution is 2.33. The van der Waals surface area contributed by atoms with Crippen LogP contribution in [0.2, 0.25) is 0 Å². The molecule has 0 N–H and O–H groups in total. The largest absolute Gasteiger partial charge is 0.494 e.